The molecule has 96 valence electrons. The van der Waals surface area contributed by atoms with E-state index in [4.69, 9.17) is 5.11 Å². The molecule has 0 saturated carbocycles. The first-order valence-corrected chi connectivity index (χ1v) is 6.60. The molecule has 0 bridgehead atoms. The fourth-order valence-electron chi connectivity index (χ4n) is 1.79. The van der Waals surface area contributed by atoms with Crippen LogP contribution in [0.4, 0.5) is 0 Å². The molecule has 0 spiro atoms. The average molecular weight is 229 g/mol. The molecule has 0 aromatic rings. The molecule has 0 aromatic carbocycles. The fraction of sp³-hybridized carbons (Fsp3) is 0.923. The van der Waals surface area contributed by atoms with Gasteiger partial charge in [-0.25, -0.2) is 0 Å². The minimum absolute atomic E-state index is 0.339. The van der Waals surface area contributed by atoms with Gasteiger partial charge >= 0.3 is 5.97 Å². The molecule has 0 aliphatic carbocycles. The molecule has 1 unspecified atom stereocenters. The van der Waals surface area contributed by atoms with E-state index in [1.807, 2.05) is 0 Å². The van der Waals surface area contributed by atoms with Crippen LogP contribution >= 0.6 is 0 Å². The molecule has 0 saturated heterocycles. The van der Waals surface area contributed by atoms with Crippen molar-refractivity contribution in [1.29, 1.82) is 0 Å². The molecule has 0 amide bonds. The molecule has 0 aromatic heterocycles. The Hall–Kier alpha value is -0.570. The van der Waals surface area contributed by atoms with Crippen LogP contribution in [0, 0.1) is 0 Å². The van der Waals surface area contributed by atoms with Crippen molar-refractivity contribution in [3.8, 4) is 0 Å². The maximum Gasteiger partial charge on any atom is 0.320 e. The third-order valence-corrected chi connectivity index (χ3v) is 3.00. The van der Waals surface area contributed by atoms with Crippen molar-refractivity contribution >= 4 is 5.97 Å². The van der Waals surface area contributed by atoms with Gasteiger partial charge in [0, 0.05) is 0 Å². The van der Waals surface area contributed by atoms with Crippen molar-refractivity contribution in [3.05, 3.63) is 0 Å². The fourth-order valence-corrected chi connectivity index (χ4v) is 1.79. The normalized spacial score (nSPS) is 13.0. The van der Waals surface area contributed by atoms with Crippen molar-refractivity contribution in [2.45, 2.75) is 65.3 Å². The number of unbranched alkanes of at least 4 members (excludes halogenated alkanes) is 4. The third-order valence-electron chi connectivity index (χ3n) is 3.00. The van der Waals surface area contributed by atoms with Gasteiger partial charge in [-0.3, -0.25) is 9.69 Å². The van der Waals surface area contributed by atoms with Gasteiger partial charge in [-0.1, -0.05) is 39.5 Å². The molecule has 0 fully saturated rings. The third kappa shape index (κ3) is 6.83. The molecule has 0 aliphatic rings. The van der Waals surface area contributed by atoms with Crippen molar-refractivity contribution < 1.29 is 9.90 Å². The van der Waals surface area contributed by atoms with Crippen LogP contribution in [0.25, 0.3) is 0 Å². The second-order valence-electron chi connectivity index (χ2n) is 4.46. The smallest absolute Gasteiger partial charge is 0.320 e. The van der Waals surface area contributed by atoms with Crippen LogP contribution in [0.15, 0.2) is 0 Å². The Labute approximate surface area is 99.8 Å². The van der Waals surface area contributed by atoms with E-state index >= 15 is 0 Å². The summed E-state index contributed by atoms with van der Waals surface area (Å²) in [4.78, 5) is 13.1. The maximum absolute atomic E-state index is 11.0. The summed E-state index contributed by atoms with van der Waals surface area (Å²) in [6.45, 7) is 7.97. The lowest BCUT2D eigenvalue weighted by atomic mass is 10.1. The quantitative estimate of drug-likeness (QED) is 0.585. The number of hydrogen-bond acceptors (Lipinski definition) is 2. The van der Waals surface area contributed by atoms with E-state index in [0.29, 0.717) is 0 Å². The largest absolute Gasteiger partial charge is 0.480 e. The van der Waals surface area contributed by atoms with Crippen LogP contribution < -0.4 is 0 Å². The molecule has 16 heavy (non-hydrogen) atoms. The number of rotatable bonds is 10. The van der Waals surface area contributed by atoms with Crippen molar-refractivity contribution in [2.75, 3.05) is 13.1 Å². The Morgan fingerprint density at radius 3 is 1.81 bits per heavy atom. The highest BCUT2D eigenvalue weighted by Gasteiger charge is 2.19. The van der Waals surface area contributed by atoms with Gasteiger partial charge in [-0.2, -0.15) is 0 Å². The zero-order valence-corrected chi connectivity index (χ0v) is 11.0. The summed E-state index contributed by atoms with van der Waals surface area (Å²) in [5.41, 5.74) is 0. The van der Waals surface area contributed by atoms with Crippen molar-refractivity contribution in [2.24, 2.45) is 0 Å². The van der Waals surface area contributed by atoms with Gasteiger partial charge in [-0.05, 0) is 32.9 Å². The summed E-state index contributed by atoms with van der Waals surface area (Å²) >= 11 is 0. The van der Waals surface area contributed by atoms with Crippen LogP contribution in [0.3, 0.4) is 0 Å². The van der Waals surface area contributed by atoms with Crippen molar-refractivity contribution in [3.63, 3.8) is 0 Å². The Morgan fingerprint density at radius 1 is 1.06 bits per heavy atom. The predicted molar refractivity (Wildman–Crippen MR) is 67.7 cm³/mol. The highest BCUT2D eigenvalue weighted by Crippen LogP contribution is 2.07. The monoisotopic (exact) mass is 229 g/mol. The van der Waals surface area contributed by atoms with Crippen LogP contribution in [0.5, 0.6) is 0 Å². The molecular formula is C13H27NO2. The van der Waals surface area contributed by atoms with Crippen LogP contribution in [0.2, 0.25) is 0 Å². The Bertz CT molecular complexity index is 173. The van der Waals surface area contributed by atoms with Gasteiger partial charge < -0.3 is 5.11 Å². The molecule has 0 radical (unpaired) electrons. The van der Waals surface area contributed by atoms with E-state index in [9.17, 15) is 4.79 Å². The summed E-state index contributed by atoms with van der Waals surface area (Å²) in [5.74, 6) is -0.701. The van der Waals surface area contributed by atoms with E-state index in [0.717, 1.165) is 25.9 Å². The summed E-state index contributed by atoms with van der Waals surface area (Å²) in [5, 5.41) is 9.02. The maximum atomic E-state index is 11.0. The lowest BCUT2D eigenvalue weighted by Crippen LogP contribution is -2.40. The molecule has 0 heterocycles. The van der Waals surface area contributed by atoms with Gasteiger partial charge in [0.2, 0.25) is 0 Å². The van der Waals surface area contributed by atoms with E-state index in [2.05, 4.69) is 18.7 Å². The van der Waals surface area contributed by atoms with Gasteiger partial charge in [0.25, 0.3) is 0 Å². The zero-order valence-electron chi connectivity index (χ0n) is 11.0. The number of carboxylic acid groups (broad SMARTS) is 1. The molecule has 1 atom stereocenters. The SMILES string of the molecule is CCCCCN(CCCCC)C(C)C(=O)O. The number of carboxylic acids is 1. The zero-order chi connectivity index (χ0) is 12.4. The van der Waals surface area contributed by atoms with Crippen LogP contribution in [-0.4, -0.2) is 35.1 Å². The van der Waals surface area contributed by atoms with E-state index < -0.39 is 5.97 Å². The summed E-state index contributed by atoms with van der Waals surface area (Å²) in [7, 11) is 0. The second-order valence-corrected chi connectivity index (χ2v) is 4.46. The standard InChI is InChI=1S/C13H27NO2/c1-4-6-8-10-14(11-9-7-5-2)12(3)13(15)16/h12H,4-11H2,1-3H3,(H,15,16). The van der Waals surface area contributed by atoms with Crippen LogP contribution in [-0.2, 0) is 4.79 Å². The highest BCUT2D eigenvalue weighted by molar-refractivity contribution is 5.72. The van der Waals surface area contributed by atoms with E-state index in [1.54, 1.807) is 6.92 Å². The lowest BCUT2D eigenvalue weighted by molar-refractivity contribution is -0.142. The summed E-state index contributed by atoms with van der Waals surface area (Å²) < 4.78 is 0. The molecule has 0 rings (SSSR count). The lowest BCUT2D eigenvalue weighted by Gasteiger charge is -2.26. The van der Waals surface area contributed by atoms with Crippen molar-refractivity contribution in [1.82, 2.24) is 4.90 Å². The number of carbonyl (C=O) groups is 1. The first kappa shape index (κ1) is 15.4. The highest BCUT2D eigenvalue weighted by atomic mass is 16.4. The topological polar surface area (TPSA) is 40.5 Å². The molecule has 3 nitrogen and oxygen atoms in total. The second kappa shape index (κ2) is 9.64. The van der Waals surface area contributed by atoms with Crippen LogP contribution in [0.1, 0.15) is 59.3 Å². The van der Waals surface area contributed by atoms with Gasteiger partial charge in [-0.15, -0.1) is 0 Å². The first-order valence-electron chi connectivity index (χ1n) is 6.60. The molecule has 1 N–H and O–H groups in total. The predicted octanol–water partition coefficient (Wildman–Crippen LogP) is 3.14. The number of hydrogen-bond donors (Lipinski definition) is 1. The molecular weight excluding hydrogens is 202 g/mol. The number of aliphatic carboxylic acids is 1. The van der Waals surface area contributed by atoms with E-state index in [-0.39, 0.29) is 6.04 Å². The minimum atomic E-state index is -0.701. The first-order chi connectivity index (χ1) is 7.63. The Kier molecular flexibility index (Phi) is 9.30. The summed E-state index contributed by atoms with van der Waals surface area (Å²) in [6.07, 6.45) is 6.97. The summed E-state index contributed by atoms with van der Waals surface area (Å²) in [6, 6.07) is -0.339. The van der Waals surface area contributed by atoms with Gasteiger partial charge in [0.15, 0.2) is 0 Å². The molecule has 0 aliphatic heterocycles. The van der Waals surface area contributed by atoms with Gasteiger partial charge in [0.1, 0.15) is 6.04 Å². The van der Waals surface area contributed by atoms with E-state index in [1.165, 1.54) is 25.7 Å². The Balaban J connectivity index is 3.99. The average Bonchev–Trinajstić information content (AvgIpc) is 2.26. The Morgan fingerprint density at radius 2 is 1.50 bits per heavy atom. The van der Waals surface area contributed by atoms with Gasteiger partial charge in [0.05, 0.1) is 0 Å². The minimum Gasteiger partial charge on any atom is -0.480 e. The number of nitrogens with zero attached hydrogens (tertiary/aromatic N) is 1. The molecule has 3 heteroatoms.